The minimum absolute atomic E-state index is 0.0146. The maximum absolute atomic E-state index is 12.8. The van der Waals surface area contributed by atoms with E-state index in [1.165, 1.54) is 0 Å². The van der Waals surface area contributed by atoms with Crippen LogP contribution in [0, 0.1) is 24.7 Å². The number of hydrogen-bond acceptors (Lipinski definition) is 8. The van der Waals surface area contributed by atoms with Crippen molar-refractivity contribution < 1.29 is 29.3 Å². The Morgan fingerprint density at radius 1 is 1.15 bits per heavy atom. The molecule has 2 saturated heterocycles. The van der Waals surface area contributed by atoms with E-state index in [9.17, 15) is 19.8 Å². The molecule has 8 atom stereocenters. The first-order valence-corrected chi connectivity index (χ1v) is 12.8. The summed E-state index contributed by atoms with van der Waals surface area (Å²) >= 11 is 1.56. The van der Waals surface area contributed by atoms with Crippen molar-refractivity contribution in [1.82, 2.24) is 4.98 Å². The standard InChI is InChI=1S/C25H37NO6S/c1-13-7-6-8-20-22(31-20)11-21(14(2)9-18-12-33-17(5)26-18)32-23(28)10-19(27)15(3)25(30)16(4)24(13)29/h9,12-13,15-16,19-22,24,27,29H,6-8,10-11H2,1-5H3/b14-9+/t13-,15?,16+,19-,20+,21-,22-,24-/m0/s1. The molecule has 2 aliphatic heterocycles. The highest BCUT2D eigenvalue weighted by molar-refractivity contribution is 7.09. The van der Waals surface area contributed by atoms with Crippen molar-refractivity contribution in [2.24, 2.45) is 17.8 Å². The summed E-state index contributed by atoms with van der Waals surface area (Å²) in [6, 6.07) is 0. The molecule has 0 spiro atoms. The minimum Gasteiger partial charge on any atom is -0.458 e. The monoisotopic (exact) mass is 479 g/mol. The third kappa shape index (κ3) is 6.94. The lowest BCUT2D eigenvalue weighted by Crippen LogP contribution is -2.39. The second-order valence-corrected chi connectivity index (χ2v) is 10.8. The molecule has 0 radical (unpaired) electrons. The molecule has 2 fully saturated rings. The minimum atomic E-state index is -1.17. The molecule has 2 N–H and O–H groups in total. The maximum atomic E-state index is 12.8. The number of nitrogens with zero attached hydrogens (tertiary/aromatic N) is 1. The second kappa shape index (κ2) is 11.2. The van der Waals surface area contributed by atoms with Crippen molar-refractivity contribution in [3.05, 3.63) is 21.7 Å². The fourth-order valence-electron chi connectivity index (χ4n) is 4.58. The number of aliphatic hydroxyl groups excluding tert-OH is 2. The first kappa shape index (κ1) is 26.0. The van der Waals surface area contributed by atoms with Crippen molar-refractivity contribution >= 4 is 29.2 Å². The van der Waals surface area contributed by atoms with Crippen LogP contribution in [0.25, 0.3) is 6.08 Å². The zero-order valence-electron chi connectivity index (χ0n) is 20.2. The fourth-order valence-corrected chi connectivity index (χ4v) is 5.15. The van der Waals surface area contributed by atoms with Gasteiger partial charge in [0.15, 0.2) is 0 Å². The van der Waals surface area contributed by atoms with E-state index in [-0.39, 0.29) is 30.3 Å². The number of carbonyl (C=O) groups is 2. The summed E-state index contributed by atoms with van der Waals surface area (Å²) in [6.07, 6.45) is 2.43. The summed E-state index contributed by atoms with van der Waals surface area (Å²) in [5.41, 5.74) is 1.69. The Morgan fingerprint density at radius 2 is 1.88 bits per heavy atom. The Balaban J connectivity index is 1.77. The van der Waals surface area contributed by atoms with Crippen LogP contribution in [0.5, 0.6) is 0 Å². The van der Waals surface area contributed by atoms with Gasteiger partial charge >= 0.3 is 5.97 Å². The molecule has 0 bridgehead atoms. The molecular formula is C25H37NO6S. The number of fused-ring (bicyclic) bond motifs is 1. The number of esters is 1. The summed E-state index contributed by atoms with van der Waals surface area (Å²) < 4.78 is 11.6. The molecular weight excluding hydrogens is 442 g/mol. The zero-order valence-corrected chi connectivity index (χ0v) is 21.0. The van der Waals surface area contributed by atoms with Gasteiger partial charge in [0.05, 0.1) is 41.5 Å². The van der Waals surface area contributed by atoms with E-state index in [2.05, 4.69) is 4.98 Å². The first-order chi connectivity index (χ1) is 15.6. The van der Waals surface area contributed by atoms with Gasteiger partial charge in [0.1, 0.15) is 11.9 Å². The summed E-state index contributed by atoms with van der Waals surface area (Å²) in [7, 11) is 0. The number of aryl methyl sites for hydroxylation is 1. The lowest BCUT2D eigenvalue weighted by molar-refractivity contribution is -0.151. The lowest BCUT2D eigenvalue weighted by Gasteiger charge is -2.28. The number of ketones is 1. The second-order valence-electron chi connectivity index (χ2n) is 9.76. The molecule has 1 aromatic heterocycles. The van der Waals surface area contributed by atoms with Crippen molar-refractivity contribution in [2.45, 2.75) is 97.2 Å². The first-order valence-electron chi connectivity index (χ1n) is 11.9. The van der Waals surface area contributed by atoms with Crippen LogP contribution in [-0.4, -0.2) is 57.5 Å². The third-order valence-electron chi connectivity index (χ3n) is 7.02. The van der Waals surface area contributed by atoms with E-state index in [0.29, 0.717) is 6.42 Å². The number of carbonyl (C=O) groups excluding carboxylic acids is 2. The number of Topliss-reactive ketones (excluding diaryl/α,β-unsaturated/α-hetero) is 1. The number of aliphatic hydroxyl groups is 2. The number of aromatic nitrogens is 1. The van der Waals surface area contributed by atoms with Gasteiger partial charge < -0.3 is 19.7 Å². The smallest absolute Gasteiger partial charge is 0.309 e. The molecule has 0 amide bonds. The predicted molar refractivity (Wildman–Crippen MR) is 127 cm³/mol. The van der Waals surface area contributed by atoms with Crippen molar-refractivity contribution in [2.75, 3.05) is 0 Å². The van der Waals surface area contributed by atoms with E-state index >= 15 is 0 Å². The average Bonchev–Trinajstić information content (AvgIpc) is 3.38. The van der Waals surface area contributed by atoms with Gasteiger partial charge in [0.25, 0.3) is 0 Å². The molecule has 7 nitrogen and oxygen atoms in total. The Hall–Kier alpha value is -1.61. The zero-order chi connectivity index (χ0) is 24.3. The predicted octanol–water partition coefficient (Wildman–Crippen LogP) is 3.70. The van der Waals surface area contributed by atoms with Crippen molar-refractivity contribution in [3.8, 4) is 0 Å². The van der Waals surface area contributed by atoms with Crippen molar-refractivity contribution in [1.29, 1.82) is 0 Å². The van der Waals surface area contributed by atoms with Gasteiger partial charge in [-0.3, -0.25) is 9.59 Å². The summed E-state index contributed by atoms with van der Waals surface area (Å²) in [5, 5.41) is 24.1. The highest BCUT2D eigenvalue weighted by Gasteiger charge is 2.42. The number of ether oxygens (including phenoxy) is 2. The van der Waals surface area contributed by atoms with Gasteiger partial charge in [-0.25, -0.2) is 4.98 Å². The van der Waals surface area contributed by atoms with E-state index in [4.69, 9.17) is 9.47 Å². The molecule has 8 heteroatoms. The van der Waals surface area contributed by atoms with Gasteiger partial charge in [-0.2, -0.15) is 0 Å². The molecule has 184 valence electrons. The van der Waals surface area contributed by atoms with Gasteiger partial charge in [-0.1, -0.05) is 27.2 Å². The molecule has 3 rings (SSSR count). The Kier molecular flexibility index (Phi) is 8.83. The molecule has 1 unspecified atom stereocenters. The number of cyclic esters (lactones) is 1. The Morgan fingerprint density at radius 3 is 2.55 bits per heavy atom. The number of thiazole rings is 1. The quantitative estimate of drug-likeness (QED) is 0.492. The van der Waals surface area contributed by atoms with Crippen LogP contribution in [0.3, 0.4) is 0 Å². The maximum Gasteiger partial charge on any atom is 0.309 e. The highest BCUT2D eigenvalue weighted by atomic mass is 32.1. The van der Waals surface area contributed by atoms with Gasteiger partial charge in [0, 0.05) is 23.6 Å². The molecule has 0 aliphatic carbocycles. The summed E-state index contributed by atoms with van der Waals surface area (Å²) in [6.45, 7) is 9.10. The molecule has 33 heavy (non-hydrogen) atoms. The van der Waals surface area contributed by atoms with Gasteiger partial charge in [-0.15, -0.1) is 11.3 Å². The highest BCUT2D eigenvalue weighted by Crippen LogP contribution is 2.35. The third-order valence-corrected chi connectivity index (χ3v) is 7.81. The van der Waals surface area contributed by atoms with E-state index in [1.807, 2.05) is 32.2 Å². The van der Waals surface area contributed by atoms with Crippen LogP contribution in [0.4, 0.5) is 0 Å². The molecule has 2 aliphatic rings. The number of hydrogen-bond donors (Lipinski definition) is 2. The Labute approximate surface area is 200 Å². The van der Waals surface area contributed by atoms with Crippen molar-refractivity contribution in [3.63, 3.8) is 0 Å². The van der Waals surface area contributed by atoms with E-state index in [1.54, 1.807) is 25.2 Å². The van der Waals surface area contributed by atoms with Crippen LogP contribution in [0.15, 0.2) is 11.0 Å². The molecule has 0 aromatic carbocycles. The SMILES string of the molecule is C/C(=C\c1csc(C)n1)[C@@H]1C[C@@H]2O[C@@H]2CCC[C@H](C)[C@H](O)[C@@H](C)C(=O)C(C)[C@@H](O)CC(=O)O1. The van der Waals surface area contributed by atoms with Crippen LogP contribution in [0.1, 0.15) is 70.5 Å². The van der Waals surface area contributed by atoms with Crippen LogP contribution < -0.4 is 0 Å². The molecule has 1 aromatic rings. The summed E-state index contributed by atoms with van der Waals surface area (Å²) in [5.74, 6) is -2.22. The average molecular weight is 480 g/mol. The summed E-state index contributed by atoms with van der Waals surface area (Å²) in [4.78, 5) is 30.0. The molecule has 3 heterocycles. The van der Waals surface area contributed by atoms with Crippen LogP contribution in [0.2, 0.25) is 0 Å². The van der Waals surface area contributed by atoms with Gasteiger partial charge in [-0.05, 0) is 44.3 Å². The van der Waals surface area contributed by atoms with Gasteiger partial charge in [0.2, 0.25) is 0 Å². The number of rotatable bonds is 2. The molecule has 0 saturated carbocycles. The normalized spacial score (nSPS) is 37.4. The Bertz CT molecular complexity index is 867. The number of epoxide rings is 1. The van der Waals surface area contributed by atoms with E-state index < -0.39 is 36.1 Å². The largest absolute Gasteiger partial charge is 0.458 e. The fraction of sp³-hybridized carbons (Fsp3) is 0.720. The lowest BCUT2D eigenvalue weighted by atomic mass is 9.81. The van der Waals surface area contributed by atoms with Crippen LogP contribution in [-0.2, 0) is 19.1 Å². The van der Waals surface area contributed by atoms with Crippen LogP contribution >= 0.6 is 11.3 Å². The van der Waals surface area contributed by atoms with E-state index in [0.717, 1.165) is 35.5 Å². The topological polar surface area (TPSA) is 109 Å².